The Kier molecular flexibility index (Phi) is 8.04. The van der Waals surface area contributed by atoms with E-state index in [1.807, 2.05) is 0 Å². The molecule has 0 aliphatic heterocycles. The molecular weight excluding hydrogens is 508 g/mol. The largest absolute Gasteiger partial charge is 0.445 e. The summed E-state index contributed by atoms with van der Waals surface area (Å²) in [7, 11) is -4.98. The van der Waals surface area contributed by atoms with Crippen LogP contribution in [-0.4, -0.2) is 49.5 Å². The first-order valence-electron chi connectivity index (χ1n) is 7.00. The summed E-state index contributed by atoms with van der Waals surface area (Å²) in [5.74, 6) is -2.92. The summed E-state index contributed by atoms with van der Waals surface area (Å²) in [5.41, 5.74) is 0.0283. The van der Waals surface area contributed by atoms with Gasteiger partial charge in [0.25, 0.3) is 16.0 Å². The first-order chi connectivity index (χ1) is 12.3. The lowest BCUT2D eigenvalue weighted by atomic mass is 10.2. The van der Waals surface area contributed by atoms with Crippen LogP contribution in [0.2, 0.25) is 0 Å². The minimum absolute atomic E-state index is 0.0322. The zero-order valence-electron chi connectivity index (χ0n) is 13.4. The molecule has 13 heteroatoms. The number of carbonyl (C=O) groups excluding carboxylic acids is 2. The first kappa shape index (κ1) is 23.2. The molecule has 1 atom stereocenters. The predicted molar refractivity (Wildman–Crippen MR) is 98.1 cm³/mol. The van der Waals surface area contributed by atoms with Gasteiger partial charge in [-0.15, -0.1) is 0 Å². The predicted octanol–water partition coefficient (Wildman–Crippen LogP) is 2.57. The third-order valence-electron chi connectivity index (χ3n) is 2.88. The Balaban J connectivity index is 2.92. The summed E-state index contributed by atoms with van der Waals surface area (Å²) >= 11 is 1.73. The van der Waals surface area contributed by atoms with Crippen molar-refractivity contribution in [1.82, 2.24) is 5.32 Å². The maximum atomic E-state index is 12.9. The van der Waals surface area contributed by atoms with Crippen LogP contribution in [-0.2, 0) is 14.9 Å². The van der Waals surface area contributed by atoms with E-state index < -0.39 is 40.1 Å². The Morgan fingerprint density at radius 2 is 2.00 bits per heavy atom. The van der Waals surface area contributed by atoms with Crippen LogP contribution in [0.1, 0.15) is 10.4 Å². The molecule has 8 nitrogen and oxygen atoms in total. The smallest absolute Gasteiger partial charge is 0.411 e. The molecule has 0 spiro atoms. The van der Waals surface area contributed by atoms with Gasteiger partial charge in [0.05, 0.1) is 5.69 Å². The van der Waals surface area contributed by atoms with Crippen LogP contribution >= 0.6 is 22.6 Å². The number of amides is 2. The number of carbonyl (C=O) groups is 2. The monoisotopic (exact) mass is 522 g/mol. The Morgan fingerprint density at radius 1 is 1.37 bits per heavy atom. The number of halogens is 4. The zero-order valence-corrected chi connectivity index (χ0v) is 16.4. The van der Waals surface area contributed by atoms with E-state index >= 15 is 0 Å². The molecule has 0 aliphatic rings. The summed E-state index contributed by atoms with van der Waals surface area (Å²) in [6.07, 6.45) is -4.54. The highest BCUT2D eigenvalue weighted by molar-refractivity contribution is 14.1. The molecule has 0 aromatic heterocycles. The van der Waals surface area contributed by atoms with E-state index in [9.17, 15) is 31.2 Å². The lowest BCUT2D eigenvalue weighted by Gasteiger charge is -2.20. The molecule has 0 heterocycles. The van der Waals surface area contributed by atoms with E-state index in [1.165, 1.54) is 23.5 Å². The van der Waals surface area contributed by atoms with E-state index in [0.29, 0.717) is 3.57 Å². The highest BCUT2D eigenvalue weighted by Gasteiger charge is 2.43. The van der Waals surface area contributed by atoms with Crippen LogP contribution in [0.4, 0.5) is 23.7 Å². The van der Waals surface area contributed by atoms with Crippen molar-refractivity contribution in [3.05, 3.63) is 40.0 Å². The number of alkyl halides is 3. The molecule has 0 bridgehead atoms. The fourth-order valence-corrected chi connectivity index (χ4v) is 3.05. The molecule has 150 valence electrons. The topological polar surface area (TPSA) is 122 Å². The van der Waals surface area contributed by atoms with E-state index in [2.05, 4.69) is 11.9 Å². The Bertz CT molecular complexity index is 829. The quantitative estimate of drug-likeness (QED) is 0.288. The number of nitrogens with one attached hydrogen (secondary N) is 2. The second-order valence-electron chi connectivity index (χ2n) is 5.02. The van der Waals surface area contributed by atoms with Gasteiger partial charge in [-0.2, -0.15) is 21.6 Å². The van der Waals surface area contributed by atoms with Crippen molar-refractivity contribution in [2.75, 3.05) is 17.7 Å². The highest BCUT2D eigenvalue weighted by Crippen LogP contribution is 2.23. The number of rotatable bonds is 7. The minimum Gasteiger partial charge on any atom is -0.445 e. The molecule has 1 unspecified atom stereocenters. The molecule has 1 rings (SSSR count). The molecule has 0 saturated carbocycles. The molecular formula is C14H14F3IN2O6S. The van der Waals surface area contributed by atoms with Crippen LogP contribution < -0.4 is 10.6 Å². The lowest BCUT2D eigenvalue weighted by molar-refractivity contribution is -0.148. The van der Waals surface area contributed by atoms with Crippen LogP contribution in [0, 0.1) is 3.57 Å². The average molecular weight is 522 g/mol. The molecule has 1 aromatic carbocycles. The van der Waals surface area contributed by atoms with Gasteiger partial charge < -0.3 is 10.1 Å². The van der Waals surface area contributed by atoms with E-state index in [4.69, 9.17) is 9.29 Å². The molecule has 3 N–H and O–H groups in total. The summed E-state index contributed by atoms with van der Waals surface area (Å²) in [4.78, 5) is 23.5. The van der Waals surface area contributed by atoms with Crippen molar-refractivity contribution >= 4 is 50.4 Å². The summed E-state index contributed by atoms with van der Waals surface area (Å²) in [6.45, 7) is 3.33. The van der Waals surface area contributed by atoms with Crippen LogP contribution in [0.5, 0.6) is 0 Å². The fraction of sp³-hybridized carbons (Fsp3) is 0.286. The van der Waals surface area contributed by atoms with Gasteiger partial charge in [0, 0.05) is 9.13 Å². The van der Waals surface area contributed by atoms with Gasteiger partial charge in [-0.1, -0.05) is 12.7 Å². The maximum Gasteiger partial charge on any atom is 0.411 e. The van der Waals surface area contributed by atoms with Gasteiger partial charge in [0.2, 0.25) is 0 Å². The van der Waals surface area contributed by atoms with Gasteiger partial charge >= 0.3 is 12.3 Å². The van der Waals surface area contributed by atoms with Crippen LogP contribution in [0.25, 0.3) is 0 Å². The standard InChI is InChI=1S/C14H14F3IN2O6S/c1-2-5-26-13(22)19-10-4-3-8(6-9(10)18)12(21)20-11(14(15,16)17)7-27(23,24)25/h2-4,6,11H,1,5,7H2,(H,19,22)(H,20,21)(H,23,24,25). The molecule has 1 aromatic rings. The number of benzene rings is 1. The van der Waals surface area contributed by atoms with Crippen LogP contribution in [0.15, 0.2) is 30.9 Å². The summed E-state index contributed by atoms with van der Waals surface area (Å²) in [5, 5.41) is 3.88. The third-order valence-corrected chi connectivity index (χ3v) is 4.53. The van der Waals surface area contributed by atoms with E-state index in [1.54, 1.807) is 22.6 Å². The van der Waals surface area contributed by atoms with E-state index in [0.717, 1.165) is 6.07 Å². The van der Waals surface area contributed by atoms with Gasteiger partial charge in [0.1, 0.15) is 18.4 Å². The Morgan fingerprint density at radius 3 is 2.48 bits per heavy atom. The normalized spacial score (nSPS) is 12.8. The second kappa shape index (κ2) is 9.36. The summed E-state index contributed by atoms with van der Waals surface area (Å²) < 4.78 is 73.7. The summed E-state index contributed by atoms with van der Waals surface area (Å²) in [6, 6.07) is 0.780. The maximum absolute atomic E-state index is 12.9. The average Bonchev–Trinajstić information content (AvgIpc) is 2.52. The van der Waals surface area contributed by atoms with Crippen molar-refractivity contribution in [2.45, 2.75) is 12.2 Å². The van der Waals surface area contributed by atoms with Gasteiger partial charge in [-0.05, 0) is 40.8 Å². The lowest BCUT2D eigenvalue weighted by Crippen LogP contribution is -2.49. The molecule has 0 fully saturated rings. The van der Waals surface area contributed by atoms with Crippen LogP contribution in [0.3, 0.4) is 0 Å². The van der Waals surface area contributed by atoms with Crippen molar-refractivity contribution in [2.24, 2.45) is 0 Å². The van der Waals surface area contributed by atoms with Gasteiger partial charge in [-0.25, -0.2) is 4.79 Å². The number of hydrogen-bond acceptors (Lipinski definition) is 5. The van der Waals surface area contributed by atoms with Crippen molar-refractivity contribution in [3.63, 3.8) is 0 Å². The molecule has 0 radical (unpaired) electrons. The first-order valence-corrected chi connectivity index (χ1v) is 9.69. The van der Waals surface area contributed by atoms with Crippen molar-refractivity contribution in [3.8, 4) is 0 Å². The molecule has 0 saturated heterocycles. The zero-order chi connectivity index (χ0) is 20.8. The van der Waals surface area contributed by atoms with Gasteiger partial charge in [0.15, 0.2) is 0 Å². The number of ether oxygens (including phenoxy) is 1. The molecule has 2 amide bonds. The third kappa shape index (κ3) is 8.13. The van der Waals surface area contributed by atoms with Gasteiger partial charge in [-0.3, -0.25) is 14.7 Å². The second-order valence-corrected chi connectivity index (χ2v) is 7.68. The number of anilines is 1. The van der Waals surface area contributed by atoms with Crippen molar-refractivity contribution < 1.29 is 40.5 Å². The molecule has 27 heavy (non-hydrogen) atoms. The van der Waals surface area contributed by atoms with E-state index in [-0.39, 0.29) is 17.9 Å². The van der Waals surface area contributed by atoms with Crippen molar-refractivity contribution in [1.29, 1.82) is 0 Å². The fourth-order valence-electron chi connectivity index (χ4n) is 1.71. The minimum atomic E-state index is -5.09. The highest BCUT2D eigenvalue weighted by atomic mass is 127. The SMILES string of the molecule is C=CCOC(=O)Nc1ccc(C(=O)NC(CS(=O)(=O)O)C(F)(F)F)cc1I. The Labute approximate surface area is 166 Å². The Hall–Kier alpha value is -1.87. The number of hydrogen-bond donors (Lipinski definition) is 3. The molecule has 0 aliphatic carbocycles.